The molecule has 0 aromatic heterocycles. The van der Waals surface area contributed by atoms with Gasteiger partial charge in [-0.15, -0.1) is 0 Å². The molecule has 14 heteroatoms. The molecule has 0 unspecified atom stereocenters. The molecule has 0 aromatic carbocycles. The molecule has 0 fully saturated rings. The monoisotopic (exact) mass is 566 g/mol. The lowest BCUT2D eigenvalue weighted by Crippen LogP contribution is -2.58. The molecule has 0 saturated carbocycles. The summed E-state index contributed by atoms with van der Waals surface area (Å²) in [6.07, 6.45) is -20.9. The molecule has 126 valence electrons. The number of hydrogen-bond acceptors (Lipinski definition) is 0. The molecule has 0 spiro atoms. The molecule has 0 aromatic rings. The highest BCUT2D eigenvalue weighted by atomic mass is 127. The van der Waals surface area contributed by atoms with Crippen LogP contribution >= 0.6 is 45.2 Å². The van der Waals surface area contributed by atoms with E-state index in [0.717, 1.165) is 0 Å². The third-order valence-electron chi connectivity index (χ3n) is 1.88. The van der Waals surface area contributed by atoms with Crippen LogP contribution in [0.4, 0.5) is 52.7 Å². The predicted octanol–water partition coefficient (Wildman–Crippen LogP) is 6.10. The first-order chi connectivity index (χ1) is 8.78. The quantitative estimate of drug-likeness (QED) is 0.216. The van der Waals surface area contributed by atoms with Gasteiger partial charge in [0.25, 0.3) is 0 Å². The first-order valence-corrected chi connectivity index (χ1v) is 6.30. The molecule has 0 atom stereocenters. The van der Waals surface area contributed by atoms with Gasteiger partial charge in [-0.3, -0.25) is 0 Å². The third kappa shape index (κ3) is 4.21. The van der Waals surface area contributed by atoms with E-state index in [2.05, 4.69) is 0 Å². The van der Waals surface area contributed by atoms with E-state index in [1.54, 1.807) is 0 Å². The van der Waals surface area contributed by atoms with Gasteiger partial charge in [0.1, 0.15) is 5.57 Å². The SMILES string of the molecule is FC(F)(F)/C(=C(\I)C(F)(F)I)C(F)(C(F)(F)F)C(F)(F)F. The highest BCUT2D eigenvalue weighted by Crippen LogP contribution is 2.58. The molecular weight excluding hydrogens is 566 g/mol. The summed E-state index contributed by atoms with van der Waals surface area (Å²) in [5.74, 6) is 0. The molecule has 21 heavy (non-hydrogen) atoms. The van der Waals surface area contributed by atoms with Crippen molar-refractivity contribution in [3.63, 3.8) is 0 Å². The van der Waals surface area contributed by atoms with E-state index in [0.29, 0.717) is 0 Å². The van der Waals surface area contributed by atoms with Gasteiger partial charge in [-0.1, -0.05) is 0 Å². The molecule has 0 saturated heterocycles. The summed E-state index contributed by atoms with van der Waals surface area (Å²) in [7, 11) is 0. The second kappa shape index (κ2) is 5.77. The van der Waals surface area contributed by atoms with Gasteiger partial charge in [0, 0.05) is 22.6 Å². The number of allylic oxidation sites excluding steroid dienone is 2. The van der Waals surface area contributed by atoms with Crippen LogP contribution in [0.3, 0.4) is 0 Å². The Labute approximate surface area is 135 Å². The van der Waals surface area contributed by atoms with Crippen molar-refractivity contribution in [1.82, 2.24) is 0 Å². The summed E-state index contributed by atoms with van der Waals surface area (Å²) < 4.78 is 142. The van der Waals surface area contributed by atoms with Crippen molar-refractivity contribution >= 4 is 45.2 Å². The fourth-order valence-corrected chi connectivity index (χ4v) is 2.00. The van der Waals surface area contributed by atoms with Crippen LogP contribution in [-0.4, -0.2) is 28.1 Å². The van der Waals surface area contributed by atoms with E-state index >= 15 is 0 Å². The second-order valence-electron chi connectivity index (χ2n) is 3.34. The largest absolute Gasteiger partial charge is 0.436 e. The number of halogens is 14. The molecule has 0 rings (SSSR count). The fourth-order valence-electron chi connectivity index (χ4n) is 1.06. The van der Waals surface area contributed by atoms with Crippen molar-refractivity contribution in [3.8, 4) is 0 Å². The van der Waals surface area contributed by atoms with Crippen molar-refractivity contribution in [2.75, 3.05) is 0 Å². The Morgan fingerprint density at radius 1 is 0.619 bits per heavy atom. The van der Waals surface area contributed by atoms with E-state index < -0.39 is 37.3 Å². The Morgan fingerprint density at radius 3 is 1.05 bits per heavy atom. The normalized spacial score (nSPS) is 16.9. The molecule has 0 amide bonds. The predicted molar refractivity (Wildman–Crippen MR) is 62.0 cm³/mol. The van der Waals surface area contributed by atoms with E-state index in [-0.39, 0.29) is 45.2 Å². The van der Waals surface area contributed by atoms with Gasteiger partial charge in [-0.05, 0) is 22.6 Å². The average Bonchev–Trinajstić information content (AvgIpc) is 2.09. The maximum Gasteiger partial charge on any atom is 0.436 e. The van der Waals surface area contributed by atoms with Crippen molar-refractivity contribution in [2.45, 2.75) is 28.1 Å². The first-order valence-electron chi connectivity index (χ1n) is 4.15. The van der Waals surface area contributed by atoms with Crippen molar-refractivity contribution in [1.29, 1.82) is 0 Å². The summed E-state index contributed by atoms with van der Waals surface area (Å²) >= 11 is -0.243. The standard InChI is InChI=1S/C7F12I2/c8-3(6(14,15)16,7(17,18)19)1(4(9,10)11)2(20)5(12,13)21/b2-1-. The zero-order valence-electron chi connectivity index (χ0n) is 8.79. The fraction of sp³-hybridized carbons (Fsp3) is 0.714. The summed E-state index contributed by atoms with van der Waals surface area (Å²) in [6.45, 7) is 0. The van der Waals surface area contributed by atoms with Crippen LogP contribution in [0.1, 0.15) is 0 Å². The van der Waals surface area contributed by atoms with Crippen LogP contribution in [0.2, 0.25) is 0 Å². The molecule has 0 N–H and O–H groups in total. The van der Waals surface area contributed by atoms with Gasteiger partial charge in [0.05, 0.1) is 3.58 Å². The van der Waals surface area contributed by atoms with Crippen LogP contribution in [0.25, 0.3) is 0 Å². The zero-order chi connectivity index (χ0) is 17.7. The van der Waals surface area contributed by atoms with Gasteiger partial charge in [-0.2, -0.15) is 48.3 Å². The maximum absolute atomic E-state index is 13.4. The van der Waals surface area contributed by atoms with Gasteiger partial charge in [-0.25, -0.2) is 4.39 Å². The van der Waals surface area contributed by atoms with Crippen LogP contribution in [0.5, 0.6) is 0 Å². The summed E-state index contributed by atoms with van der Waals surface area (Å²) in [4.78, 5) is 0. The lowest BCUT2D eigenvalue weighted by Gasteiger charge is -2.34. The second-order valence-corrected chi connectivity index (χ2v) is 5.77. The van der Waals surface area contributed by atoms with Crippen LogP contribution in [-0.2, 0) is 0 Å². The minimum Gasteiger partial charge on any atom is -0.218 e. The highest BCUT2D eigenvalue weighted by molar-refractivity contribution is 14.1. The molecule has 0 aliphatic carbocycles. The molecule has 0 aliphatic heterocycles. The summed E-state index contributed by atoms with van der Waals surface area (Å²) in [6, 6.07) is 0. The van der Waals surface area contributed by atoms with Gasteiger partial charge in [0.15, 0.2) is 0 Å². The maximum atomic E-state index is 13.4. The lowest BCUT2D eigenvalue weighted by atomic mass is 9.93. The minimum atomic E-state index is -7.14. The van der Waals surface area contributed by atoms with E-state index in [4.69, 9.17) is 0 Å². The van der Waals surface area contributed by atoms with E-state index in [9.17, 15) is 52.7 Å². The average molecular weight is 566 g/mol. The number of rotatable bonds is 2. The van der Waals surface area contributed by atoms with Crippen LogP contribution < -0.4 is 0 Å². The van der Waals surface area contributed by atoms with E-state index in [1.807, 2.05) is 0 Å². The van der Waals surface area contributed by atoms with Gasteiger partial charge >= 0.3 is 28.1 Å². The number of alkyl halides is 13. The van der Waals surface area contributed by atoms with Crippen molar-refractivity contribution < 1.29 is 52.7 Å². The smallest absolute Gasteiger partial charge is 0.218 e. The van der Waals surface area contributed by atoms with Gasteiger partial charge in [0.2, 0.25) is 0 Å². The lowest BCUT2D eigenvalue weighted by molar-refractivity contribution is -0.337. The number of hydrogen-bond donors (Lipinski definition) is 0. The van der Waals surface area contributed by atoms with Crippen LogP contribution in [0, 0.1) is 0 Å². The molecule has 0 radical (unpaired) electrons. The molecule has 0 nitrogen and oxygen atoms in total. The van der Waals surface area contributed by atoms with Gasteiger partial charge < -0.3 is 0 Å². The Kier molecular flexibility index (Phi) is 5.87. The zero-order valence-corrected chi connectivity index (χ0v) is 13.1. The highest BCUT2D eigenvalue weighted by Gasteiger charge is 2.79. The van der Waals surface area contributed by atoms with E-state index in [1.165, 1.54) is 0 Å². The Balaban J connectivity index is 6.83. The minimum absolute atomic E-state index is 0.0971. The van der Waals surface area contributed by atoms with Crippen LogP contribution in [0.15, 0.2) is 9.15 Å². The molecule has 0 heterocycles. The van der Waals surface area contributed by atoms with Crippen molar-refractivity contribution in [2.24, 2.45) is 0 Å². The molecule has 0 aliphatic rings. The molecule has 0 bridgehead atoms. The Bertz CT molecular complexity index is 405. The topological polar surface area (TPSA) is 0 Å². The first kappa shape index (κ1) is 21.4. The van der Waals surface area contributed by atoms with Crippen molar-refractivity contribution in [3.05, 3.63) is 9.15 Å². The Hall–Kier alpha value is 0.360. The third-order valence-corrected chi connectivity index (χ3v) is 4.67. The molecular formula is C7F12I2. The Morgan fingerprint density at radius 2 is 0.905 bits per heavy atom. The summed E-state index contributed by atoms with van der Waals surface area (Å²) in [5, 5.41) is 0. The summed E-state index contributed by atoms with van der Waals surface area (Å²) in [5.41, 5.74) is -11.0.